The van der Waals surface area contributed by atoms with E-state index in [1.807, 2.05) is 24.3 Å². The topological polar surface area (TPSA) is 51.5 Å². The van der Waals surface area contributed by atoms with E-state index in [0.717, 1.165) is 28.8 Å². The largest absolute Gasteiger partial charge is 0.464 e. The third-order valence-electron chi connectivity index (χ3n) is 4.76. The highest BCUT2D eigenvalue weighted by atomic mass is 16.5. The summed E-state index contributed by atoms with van der Waals surface area (Å²) < 4.78 is 7.29. The number of rotatable bonds is 5. The molecule has 1 atom stereocenters. The van der Waals surface area contributed by atoms with Crippen molar-refractivity contribution in [2.45, 2.75) is 32.4 Å². The van der Waals surface area contributed by atoms with Gasteiger partial charge in [0.2, 0.25) is 0 Å². The number of ether oxygens (including phenoxy) is 1. The molecule has 124 valence electrons. The summed E-state index contributed by atoms with van der Waals surface area (Å²) >= 11 is 0. The van der Waals surface area contributed by atoms with Gasteiger partial charge in [-0.1, -0.05) is 24.3 Å². The average molecular weight is 323 g/mol. The first-order valence-corrected chi connectivity index (χ1v) is 8.54. The molecule has 1 aliphatic carbocycles. The minimum Gasteiger partial charge on any atom is -0.464 e. The molecule has 1 fully saturated rings. The van der Waals surface area contributed by atoms with Crippen molar-refractivity contribution in [2.24, 2.45) is 5.92 Å². The Balaban J connectivity index is 1.84. The van der Waals surface area contributed by atoms with E-state index < -0.39 is 12.1 Å². The van der Waals surface area contributed by atoms with Crippen molar-refractivity contribution in [3.63, 3.8) is 0 Å². The van der Waals surface area contributed by atoms with Crippen molar-refractivity contribution in [1.29, 1.82) is 0 Å². The molecule has 2 aromatic carbocycles. The molecule has 0 bridgehead atoms. The van der Waals surface area contributed by atoms with Crippen LogP contribution < -0.4 is 0 Å². The van der Waals surface area contributed by atoms with E-state index in [4.69, 9.17) is 4.74 Å². The van der Waals surface area contributed by atoms with Gasteiger partial charge in [0, 0.05) is 28.4 Å². The van der Waals surface area contributed by atoms with Crippen molar-refractivity contribution in [2.75, 3.05) is 6.61 Å². The number of hydrogen-bond acceptors (Lipinski definition) is 3. The number of hydrogen-bond donors (Lipinski definition) is 1. The Morgan fingerprint density at radius 3 is 2.71 bits per heavy atom. The van der Waals surface area contributed by atoms with Crippen molar-refractivity contribution in [1.82, 2.24) is 4.57 Å². The molecule has 0 radical (unpaired) electrons. The van der Waals surface area contributed by atoms with E-state index in [9.17, 15) is 9.90 Å². The fourth-order valence-electron chi connectivity index (χ4n) is 3.35. The minimum absolute atomic E-state index is 0.263. The summed E-state index contributed by atoms with van der Waals surface area (Å²) in [5, 5.41) is 12.5. The number of aliphatic hydroxyl groups is 1. The summed E-state index contributed by atoms with van der Waals surface area (Å²) in [5.74, 6) is 0.173. The zero-order chi connectivity index (χ0) is 16.7. The van der Waals surface area contributed by atoms with Gasteiger partial charge in [0.05, 0.1) is 6.61 Å². The predicted octanol–water partition coefficient (Wildman–Crippen LogP) is 3.80. The van der Waals surface area contributed by atoms with Crippen LogP contribution >= 0.6 is 0 Å². The minimum atomic E-state index is -1.24. The molecule has 0 spiro atoms. The zero-order valence-electron chi connectivity index (χ0n) is 13.7. The lowest BCUT2D eigenvalue weighted by atomic mass is 10.1. The summed E-state index contributed by atoms with van der Waals surface area (Å²) in [7, 11) is 0. The second-order valence-corrected chi connectivity index (χ2v) is 6.50. The van der Waals surface area contributed by atoms with Gasteiger partial charge < -0.3 is 14.4 Å². The maximum atomic E-state index is 11.8. The number of fused-ring (bicyclic) bond motifs is 3. The molecule has 1 N–H and O–H groups in total. The Kier molecular flexibility index (Phi) is 3.77. The van der Waals surface area contributed by atoms with Crippen LogP contribution in [0.25, 0.3) is 21.8 Å². The fourth-order valence-corrected chi connectivity index (χ4v) is 3.35. The van der Waals surface area contributed by atoms with E-state index in [0.29, 0.717) is 5.56 Å². The van der Waals surface area contributed by atoms with Crippen LogP contribution in [0.1, 0.15) is 31.4 Å². The highest BCUT2D eigenvalue weighted by molar-refractivity contribution is 6.08. The van der Waals surface area contributed by atoms with Crippen LogP contribution in [0.15, 0.2) is 42.5 Å². The second-order valence-electron chi connectivity index (χ2n) is 6.50. The van der Waals surface area contributed by atoms with Crippen molar-refractivity contribution in [3.05, 3.63) is 48.0 Å². The van der Waals surface area contributed by atoms with Gasteiger partial charge in [0.25, 0.3) is 0 Å². The molecule has 4 nitrogen and oxygen atoms in total. The lowest BCUT2D eigenvalue weighted by Gasteiger charge is -2.11. The normalized spacial score (nSPS) is 15.8. The third-order valence-corrected chi connectivity index (χ3v) is 4.76. The maximum absolute atomic E-state index is 11.8. The van der Waals surface area contributed by atoms with E-state index in [2.05, 4.69) is 22.8 Å². The zero-order valence-corrected chi connectivity index (χ0v) is 13.7. The lowest BCUT2D eigenvalue weighted by molar-refractivity contribution is -0.153. The molecule has 0 aliphatic heterocycles. The van der Waals surface area contributed by atoms with Crippen molar-refractivity contribution in [3.8, 4) is 0 Å². The Morgan fingerprint density at radius 1 is 1.21 bits per heavy atom. The molecule has 4 heteroatoms. The summed E-state index contributed by atoms with van der Waals surface area (Å²) in [5.41, 5.74) is 2.94. The molecule has 4 rings (SSSR count). The monoisotopic (exact) mass is 323 g/mol. The highest BCUT2D eigenvalue weighted by Gasteiger charge is 2.24. The van der Waals surface area contributed by atoms with Gasteiger partial charge in [-0.05, 0) is 49.4 Å². The molecule has 1 aromatic heterocycles. The van der Waals surface area contributed by atoms with Gasteiger partial charge in [-0.25, -0.2) is 4.79 Å². The van der Waals surface area contributed by atoms with Crippen LogP contribution in [0.2, 0.25) is 0 Å². The van der Waals surface area contributed by atoms with E-state index in [1.54, 1.807) is 6.92 Å². The van der Waals surface area contributed by atoms with E-state index in [1.165, 1.54) is 18.4 Å². The second kappa shape index (κ2) is 5.95. The summed E-state index contributed by atoms with van der Waals surface area (Å²) in [6, 6.07) is 14.1. The average Bonchev–Trinajstić information content (AvgIpc) is 3.38. The predicted molar refractivity (Wildman–Crippen MR) is 93.8 cm³/mol. The number of carbonyl (C=O) groups is 1. The van der Waals surface area contributed by atoms with Gasteiger partial charge in [-0.15, -0.1) is 0 Å². The molecule has 24 heavy (non-hydrogen) atoms. The van der Waals surface area contributed by atoms with E-state index in [-0.39, 0.29) is 6.61 Å². The number of nitrogens with zero attached hydrogens (tertiary/aromatic N) is 1. The van der Waals surface area contributed by atoms with Crippen molar-refractivity contribution < 1.29 is 14.6 Å². The molecule has 1 saturated carbocycles. The number of benzene rings is 2. The Labute approximate surface area is 140 Å². The molecule has 1 aliphatic rings. The first-order chi connectivity index (χ1) is 11.7. The maximum Gasteiger partial charge on any atom is 0.339 e. The molecule has 0 amide bonds. The summed E-state index contributed by atoms with van der Waals surface area (Å²) in [6.07, 6.45) is 1.36. The third kappa shape index (κ3) is 2.57. The van der Waals surface area contributed by atoms with E-state index >= 15 is 0 Å². The van der Waals surface area contributed by atoms with Crippen molar-refractivity contribution >= 4 is 27.8 Å². The number of esters is 1. The van der Waals surface area contributed by atoms with Crippen LogP contribution in [-0.4, -0.2) is 22.2 Å². The highest BCUT2D eigenvalue weighted by Crippen LogP contribution is 2.36. The standard InChI is InChI=1S/C20H21NO3/c1-2-24-20(23)19(22)14-9-10-18-16(11-14)15-5-3-4-6-17(15)21(18)12-13-7-8-13/h3-6,9-11,13,19,22H,2,7-8,12H2,1H3. The lowest BCUT2D eigenvalue weighted by Crippen LogP contribution is -2.15. The first-order valence-electron chi connectivity index (χ1n) is 8.54. The smallest absolute Gasteiger partial charge is 0.339 e. The summed E-state index contributed by atoms with van der Waals surface area (Å²) in [4.78, 5) is 11.8. The van der Waals surface area contributed by atoms with Gasteiger partial charge in [-0.2, -0.15) is 0 Å². The molecular formula is C20H21NO3. The Morgan fingerprint density at radius 2 is 1.96 bits per heavy atom. The number of aromatic nitrogens is 1. The number of para-hydroxylation sites is 1. The Hall–Kier alpha value is -2.33. The van der Waals surface area contributed by atoms with Gasteiger partial charge in [0.1, 0.15) is 0 Å². The van der Waals surface area contributed by atoms with Crippen LogP contribution in [0.5, 0.6) is 0 Å². The van der Waals surface area contributed by atoms with Crippen LogP contribution in [0.4, 0.5) is 0 Å². The van der Waals surface area contributed by atoms with Crippen LogP contribution in [0, 0.1) is 5.92 Å². The quantitative estimate of drug-likeness (QED) is 0.727. The first kappa shape index (κ1) is 15.2. The molecule has 1 unspecified atom stereocenters. The summed E-state index contributed by atoms with van der Waals surface area (Å²) in [6.45, 7) is 3.03. The fraction of sp³-hybridized carbons (Fsp3) is 0.350. The van der Waals surface area contributed by atoms with Crippen LogP contribution in [-0.2, 0) is 16.1 Å². The van der Waals surface area contributed by atoms with Crippen LogP contribution in [0.3, 0.4) is 0 Å². The number of carbonyl (C=O) groups excluding carboxylic acids is 1. The SMILES string of the molecule is CCOC(=O)C(O)c1ccc2c(c1)c1ccccc1n2CC1CC1. The van der Waals surface area contributed by atoms with Gasteiger partial charge in [-0.3, -0.25) is 0 Å². The molecular weight excluding hydrogens is 302 g/mol. The van der Waals surface area contributed by atoms with Gasteiger partial charge >= 0.3 is 5.97 Å². The Bertz CT molecular complexity index is 908. The van der Waals surface area contributed by atoms with Gasteiger partial charge in [0.15, 0.2) is 6.10 Å². The number of aliphatic hydroxyl groups excluding tert-OH is 1. The molecule has 0 saturated heterocycles. The molecule has 3 aromatic rings. The molecule has 1 heterocycles.